The molecule has 8 fully saturated rings. The van der Waals surface area contributed by atoms with Crippen LogP contribution >= 0.6 is 0 Å². The van der Waals surface area contributed by atoms with E-state index in [1.807, 2.05) is 45.9 Å². The number of esters is 2. The highest BCUT2D eigenvalue weighted by Gasteiger charge is 2.91. The van der Waals surface area contributed by atoms with Crippen LogP contribution in [0.4, 0.5) is 0 Å². The average molecular weight is 795 g/mol. The molecule has 5 N–H and O–H groups in total. The minimum Gasteiger partial charge on any atom is -0.458 e. The predicted octanol–water partition coefficient (Wildman–Crippen LogP) is 3.04. The topological polar surface area (TPSA) is 194 Å². The Kier molecular flexibility index (Phi) is 9.16. The summed E-state index contributed by atoms with van der Waals surface area (Å²) in [5, 5.41) is 63.3. The van der Waals surface area contributed by atoms with Crippen LogP contribution in [0.5, 0.6) is 0 Å². The van der Waals surface area contributed by atoms with Gasteiger partial charge in [0.2, 0.25) is 0 Å². The maximum atomic E-state index is 13.7. The predicted molar refractivity (Wildman–Crippen MR) is 200 cm³/mol. The van der Waals surface area contributed by atoms with Crippen LogP contribution in [0.15, 0.2) is 54.6 Å². The van der Waals surface area contributed by atoms with Gasteiger partial charge in [0, 0.05) is 41.7 Å². The van der Waals surface area contributed by atoms with Crippen LogP contribution < -0.4 is 0 Å². The number of hydrogen-bond acceptors (Lipinski definition) is 13. The Labute approximate surface area is 333 Å². The molecule has 57 heavy (non-hydrogen) atoms. The molecular weight excluding hydrogens is 736 g/mol. The van der Waals surface area contributed by atoms with Crippen LogP contribution in [0.1, 0.15) is 79.2 Å². The van der Waals surface area contributed by atoms with E-state index in [0.29, 0.717) is 18.4 Å². The summed E-state index contributed by atoms with van der Waals surface area (Å²) in [6.07, 6.45) is 1.15. The van der Waals surface area contributed by atoms with Gasteiger partial charge in [-0.1, -0.05) is 77.1 Å². The number of carbonyl (C=O) groups excluding carboxylic acids is 2. The number of hydrogen-bond donors (Lipinski definition) is 5. The number of carbonyl (C=O) groups is 2. The molecule has 4 aliphatic carbocycles. The number of rotatable bonds is 5. The fourth-order valence-corrected chi connectivity index (χ4v) is 13.0. The third-order valence-corrected chi connectivity index (χ3v) is 15.8. The quantitative estimate of drug-likeness (QED) is 0.216. The van der Waals surface area contributed by atoms with E-state index >= 15 is 0 Å². The second-order valence-corrected chi connectivity index (χ2v) is 19.3. The first-order valence-corrected chi connectivity index (χ1v) is 20.9. The van der Waals surface area contributed by atoms with Crippen molar-refractivity contribution < 1.29 is 63.5 Å². The van der Waals surface area contributed by atoms with Crippen LogP contribution in [0.25, 0.3) is 0 Å². The zero-order chi connectivity index (χ0) is 40.7. The molecule has 0 amide bonds. The molecule has 312 valence electrons. The standard InChI is InChI=1S/C44H58O13/c1-22(2)18-32(47)52-29-14-10-11-15-31(46)53-34-23(3)19-30-41(34,50)38(48)40(21-45)36(54-40)33-37-43(51,39(6,49)20-26-16-17-28(29)24(26)4)35-25(5)42(30,33)57-44(55-35,56-37)27-12-8-7-9-13-27/h7-15,22-26,28-30,33-38,45,48-51H,16-21H2,1-6H3/b14-10?,15-11+/t23-,24-,25+,26+,28-,29+,30+,33-,34-,35-,36-,37+,38+,39+,40-,41+,42-,43-,44?/m0/s1. The molecule has 0 radical (unpaired) electrons. The van der Waals surface area contributed by atoms with E-state index in [0.717, 1.165) is 0 Å². The summed E-state index contributed by atoms with van der Waals surface area (Å²) in [5.41, 5.74) is -8.82. The van der Waals surface area contributed by atoms with E-state index < -0.39 is 107 Å². The van der Waals surface area contributed by atoms with E-state index in [-0.39, 0.29) is 48.9 Å². The summed E-state index contributed by atoms with van der Waals surface area (Å²) < 4.78 is 39.5. The van der Waals surface area contributed by atoms with Gasteiger partial charge in [0.25, 0.3) is 0 Å². The molecule has 19 atom stereocenters. The van der Waals surface area contributed by atoms with Crippen molar-refractivity contribution in [3.8, 4) is 0 Å². The maximum absolute atomic E-state index is 13.7. The lowest BCUT2D eigenvalue weighted by Gasteiger charge is -2.74. The Balaban J connectivity index is 1.22. The third-order valence-electron chi connectivity index (χ3n) is 15.8. The molecule has 10 rings (SSSR count). The van der Waals surface area contributed by atoms with Crippen molar-refractivity contribution in [1.29, 1.82) is 0 Å². The molecule has 10 bridgehead atoms. The summed E-state index contributed by atoms with van der Waals surface area (Å²) in [4.78, 5) is 26.7. The highest BCUT2D eigenvalue weighted by Crippen LogP contribution is 2.75. The van der Waals surface area contributed by atoms with Gasteiger partial charge in [-0.25, -0.2) is 4.79 Å². The summed E-state index contributed by atoms with van der Waals surface area (Å²) in [6, 6.07) is 9.04. The van der Waals surface area contributed by atoms with E-state index in [9.17, 15) is 35.1 Å². The molecule has 4 saturated carbocycles. The minimum atomic E-state index is -2.21. The van der Waals surface area contributed by atoms with E-state index in [4.69, 9.17) is 28.4 Å². The Bertz CT molecular complexity index is 1830. The van der Waals surface area contributed by atoms with Crippen LogP contribution in [-0.4, -0.2) is 109 Å². The van der Waals surface area contributed by atoms with Crippen LogP contribution in [0, 0.1) is 47.3 Å². The summed E-state index contributed by atoms with van der Waals surface area (Å²) in [7, 11) is 0. The fraction of sp³-hybridized carbons (Fsp3) is 0.727. The van der Waals surface area contributed by atoms with Crippen molar-refractivity contribution >= 4 is 11.9 Å². The summed E-state index contributed by atoms with van der Waals surface area (Å²) in [5.74, 6) is -6.33. The van der Waals surface area contributed by atoms with Gasteiger partial charge in [0.05, 0.1) is 17.8 Å². The third kappa shape index (κ3) is 5.26. The van der Waals surface area contributed by atoms with Crippen molar-refractivity contribution in [3.05, 3.63) is 60.2 Å². The van der Waals surface area contributed by atoms with Crippen LogP contribution in [0.2, 0.25) is 0 Å². The van der Waals surface area contributed by atoms with Gasteiger partial charge < -0.3 is 54.0 Å². The van der Waals surface area contributed by atoms with E-state index in [1.54, 1.807) is 31.2 Å². The smallest absolute Gasteiger partial charge is 0.331 e. The molecule has 5 heterocycles. The van der Waals surface area contributed by atoms with Gasteiger partial charge in [0.1, 0.15) is 53.4 Å². The SMILES string of the molecule is CC(C)CC(=O)O[C@@H]1C=C/C=C/C(=O)O[C@H]2[C@@H](C)C[C@@H]3[C@]2(O)[C@H](O)[C@@]2(CO)O[C@H]2[C@H]2[C@H]4OC5(c6ccccc6)O[C@@H]([C@@H](C)[C@@]23O5)[C@@]4(O)[C@](C)(O)C[C@H]2CC[C@H]1[C@H]2C. The van der Waals surface area contributed by atoms with Gasteiger partial charge in [-0.05, 0) is 62.4 Å². The number of aliphatic hydroxyl groups excluding tert-OH is 2. The lowest BCUT2D eigenvalue weighted by molar-refractivity contribution is -0.595. The van der Waals surface area contributed by atoms with E-state index in [1.165, 1.54) is 12.2 Å². The Morgan fingerprint density at radius 3 is 2.39 bits per heavy atom. The first kappa shape index (κ1) is 39.7. The molecule has 13 nitrogen and oxygen atoms in total. The zero-order valence-electron chi connectivity index (χ0n) is 33.5. The molecule has 13 heteroatoms. The van der Waals surface area contributed by atoms with Crippen molar-refractivity contribution in [2.24, 2.45) is 47.3 Å². The molecule has 1 spiro atoms. The first-order valence-electron chi connectivity index (χ1n) is 20.9. The molecule has 4 saturated heterocycles. The molecule has 1 unspecified atom stereocenters. The number of benzene rings is 1. The van der Waals surface area contributed by atoms with Gasteiger partial charge >= 0.3 is 17.9 Å². The number of allylic oxidation sites excluding steroid dienone is 2. The van der Waals surface area contributed by atoms with Gasteiger partial charge in [-0.3, -0.25) is 4.79 Å². The highest BCUT2D eigenvalue weighted by atomic mass is 16.9. The lowest BCUT2D eigenvalue weighted by Crippen LogP contribution is -2.89. The normalized spacial score (nSPS) is 53.8. The minimum absolute atomic E-state index is 0.0620. The molecule has 0 aromatic heterocycles. The van der Waals surface area contributed by atoms with Crippen molar-refractivity contribution in [1.82, 2.24) is 0 Å². The number of epoxide rings is 1. The van der Waals surface area contributed by atoms with Crippen molar-refractivity contribution in [3.63, 3.8) is 0 Å². The van der Waals surface area contributed by atoms with E-state index in [2.05, 4.69) is 6.92 Å². The first-order chi connectivity index (χ1) is 26.9. The second-order valence-electron chi connectivity index (χ2n) is 19.3. The molecule has 1 aromatic rings. The molecule has 1 aromatic carbocycles. The number of ether oxygens (including phenoxy) is 6. The summed E-state index contributed by atoms with van der Waals surface area (Å²) in [6.45, 7) is 10.6. The number of fused-ring (bicyclic) bond motifs is 3. The Morgan fingerprint density at radius 2 is 1.68 bits per heavy atom. The van der Waals surface area contributed by atoms with Gasteiger partial charge in [-0.2, -0.15) is 0 Å². The average Bonchev–Trinajstić information content (AvgIpc) is 3.72. The molecule has 5 aliphatic heterocycles. The largest absolute Gasteiger partial charge is 0.458 e. The maximum Gasteiger partial charge on any atom is 0.331 e. The number of aliphatic hydroxyl groups is 5. The van der Waals surface area contributed by atoms with Crippen molar-refractivity contribution in [2.45, 2.75) is 144 Å². The molecule has 9 aliphatic rings. The molecular formula is C44H58O13. The van der Waals surface area contributed by atoms with Gasteiger partial charge in [-0.15, -0.1) is 0 Å². The lowest BCUT2D eigenvalue weighted by atomic mass is 9.49. The van der Waals surface area contributed by atoms with Crippen molar-refractivity contribution in [2.75, 3.05) is 6.61 Å². The fourth-order valence-electron chi connectivity index (χ4n) is 13.0. The van der Waals surface area contributed by atoms with Crippen LogP contribution in [-0.2, 0) is 44.0 Å². The Hall–Kier alpha value is -2.72. The highest BCUT2D eigenvalue weighted by molar-refractivity contribution is 5.82. The van der Waals surface area contributed by atoms with Crippen LogP contribution in [0.3, 0.4) is 0 Å². The van der Waals surface area contributed by atoms with Gasteiger partial charge in [0.15, 0.2) is 0 Å². The monoisotopic (exact) mass is 794 g/mol. The Morgan fingerprint density at radius 1 is 0.965 bits per heavy atom. The summed E-state index contributed by atoms with van der Waals surface area (Å²) >= 11 is 0. The second kappa shape index (κ2) is 13.1. The zero-order valence-corrected chi connectivity index (χ0v) is 33.5.